The Hall–Kier alpha value is -5.83. The second kappa shape index (κ2) is 11.5. The highest BCUT2D eigenvalue weighted by molar-refractivity contribution is 5.92. The van der Waals surface area contributed by atoms with E-state index in [0.29, 0.717) is 22.6 Å². The Morgan fingerprint density at radius 2 is 1.38 bits per heavy atom. The minimum absolute atomic E-state index is 0.0102. The number of carbonyl (C=O) groups excluding carboxylic acids is 2. The van der Waals surface area contributed by atoms with Gasteiger partial charge in [-0.2, -0.15) is 0 Å². The summed E-state index contributed by atoms with van der Waals surface area (Å²) in [5.41, 5.74) is 3.26. The van der Waals surface area contributed by atoms with E-state index in [9.17, 15) is 24.1 Å². The number of benzene rings is 5. The van der Waals surface area contributed by atoms with Gasteiger partial charge in [0.1, 0.15) is 29.7 Å². The van der Waals surface area contributed by atoms with Gasteiger partial charge in [0.2, 0.25) is 0 Å². The predicted octanol–water partition coefficient (Wildman–Crippen LogP) is 8.13. The minimum Gasteiger partial charge on any atom is -0.492 e. The molecule has 3 aliphatic rings. The second-order valence-electron chi connectivity index (χ2n) is 12.9. The normalized spacial score (nSPS) is 17.0. The molecule has 0 aromatic heterocycles. The summed E-state index contributed by atoms with van der Waals surface area (Å²) in [6, 6.07) is 30.0. The molecule has 48 heavy (non-hydrogen) atoms. The molecule has 0 aliphatic heterocycles. The fourth-order valence-corrected chi connectivity index (χ4v) is 6.73. The summed E-state index contributed by atoms with van der Waals surface area (Å²) in [6.45, 7) is 5.33. The molecule has 5 aromatic carbocycles. The topological polar surface area (TPSA) is 105 Å². The van der Waals surface area contributed by atoms with Crippen LogP contribution in [0.5, 0.6) is 17.2 Å². The number of nitro groups is 1. The van der Waals surface area contributed by atoms with Gasteiger partial charge in [-0.15, -0.1) is 0 Å². The second-order valence-corrected chi connectivity index (χ2v) is 12.9. The smallest absolute Gasteiger partial charge is 0.343 e. The van der Waals surface area contributed by atoms with Crippen LogP contribution in [0, 0.1) is 21.3 Å². The zero-order chi connectivity index (χ0) is 33.8. The minimum atomic E-state index is -1.08. The van der Waals surface area contributed by atoms with Crippen molar-refractivity contribution in [2.24, 2.45) is 5.41 Å². The van der Waals surface area contributed by atoms with E-state index in [2.05, 4.69) is 0 Å². The first-order valence-electron chi connectivity index (χ1n) is 15.4. The Morgan fingerprint density at radius 1 is 0.792 bits per heavy atom. The summed E-state index contributed by atoms with van der Waals surface area (Å²) in [5.74, 6) is -1.01. The molecule has 2 bridgehead atoms. The van der Waals surface area contributed by atoms with Crippen LogP contribution in [0.1, 0.15) is 70.4 Å². The average Bonchev–Trinajstić information content (AvgIpc) is 3.08. The van der Waals surface area contributed by atoms with Crippen molar-refractivity contribution in [2.45, 2.75) is 32.1 Å². The average molecular weight is 644 g/mol. The molecule has 5 aromatic rings. The van der Waals surface area contributed by atoms with Crippen molar-refractivity contribution in [1.29, 1.82) is 0 Å². The lowest BCUT2D eigenvalue weighted by Gasteiger charge is -2.50. The van der Waals surface area contributed by atoms with E-state index in [1.54, 1.807) is 45.0 Å². The van der Waals surface area contributed by atoms with Gasteiger partial charge in [0, 0.05) is 29.2 Å². The van der Waals surface area contributed by atoms with E-state index in [4.69, 9.17) is 14.2 Å². The summed E-state index contributed by atoms with van der Waals surface area (Å²) in [7, 11) is 0. The Kier molecular flexibility index (Phi) is 7.35. The van der Waals surface area contributed by atoms with Crippen LogP contribution in [0.3, 0.4) is 0 Å². The van der Waals surface area contributed by atoms with Crippen LogP contribution in [0.2, 0.25) is 0 Å². The SMILES string of the molecule is CC(C)(C)C(=O)Oc1ccc(OC(=O)c2ccc(F)cc2)c2c1C1c3ccccc3C2(COc2ccc([N+](=O)[O-])cc2)c2ccccc21. The first-order valence-corrected chi connectivity index (χ1v) is 15.4. The Bertz CT molecular complexity index is 2050. The molecular weight excluding hydrogens is 613 g/mol. The Morgan fingerprint density at radius 3 is 1.96 bits per heavy atom. The first-order chi connectivity index (χ1) is 23.0. The van der Waals surface area contributed by atoms with Gasteiger partial charge in [-0.25, -0.2) is 9.18 Å². The van der Waals surface area contributed by atoms with E-state index in [1.165, 1.54) is 36.4 Å². The maximum atomic E-state index is 13.7. The molecule has 3 aliphatic carbocycles. The van der Waals surface area contributed by atoms with Crippen LogP contribution in [-0.2, 0) is 10.2 Å². The van der Waals surface area contributed by atoms with Crippen molar-refractivity contribution in [2.75, 3.05) is 6.61 Å². The van der Waals surface area contributed by atoms with Crippen LogP contribution >= 0.6 is 0 Å². The highest BCUT2D eigenvalue weighted by Crippen LogP contribution is 2.63. The number of non-ortho nitro benzene ring substituents is 1. The largest absolute Gasteiger partial charge is 0.492 e. The molecule has 0 unspecified atom stereocenters. The van der Waals surface area contributed by atoms with Gasteiger partial charge in [-0.05, 0) is 91.6 Å². The molecule has 240 valence electrons. The lowest BCUT2D eigenvalue weighted by atomic mass is 9.53. The number of esters is 2. The zero-order valence-corrected chi connectivity index (χ0v) is 26.4. The number of carbonyl (C=O) groups is 2. The van der Waals surface area contributed by atoms with Gasteiger partial charge in [0.15, 0.2) is 0 Å². The molecule has 8 rings (SSSR count). The summed E-state index contributed by atoms with van der Waals surface area (Å²) < 4.78 is 32.5. The van der Waals surface area contributed by atoms with Crippen molar-refractivity contribution in [3.63, 3.8) is 0 Å². The van der Waals surface area contributed by atoms with Crippen LogP contribution in [0.4, 0.5) is 10.1 Å². The van der Waals surface area contributed by atoms with E-state index < -0.39 is 33.5 Å². The number of ether oxygens (including phenoxy) is 3. The first kappa shape index (κ1) is 30.8. The molecular formula is C39H30FNO7. The van der Waals surface area contributed by atoms with Gasteiger partial charge in [0.25, 0.3) is 5.69 Å². The van der Waals surface area contributed by atoms with Crippen molar-refractivity contribution >= 4 is 17.6 Å². The van der Waals surface area contributed by atoms with Crippen molar-refractivity contribution in [3.05, 3.63) is 164 Å². The van der Waals surface area contributed by atoms with Gasteiger partial charge in [-0.1, -0.05) is 48.5 Å². The third-order valence-electron chi connectivity index (χ3n) is 8.95. The lowest BCUT2D eigenvalue weighted by Crippen LogP contribution is -2.47. The van der Waals surface area contributed by atoms with Crippen molar-refractivity contribution in [1.82, 2.24) is 0 Å². The summed E-state index contributed by atoms with van der Waals surface area (Å²) in [5, 5.41) is 11.3. The van der Waals surface area contributed by atoms with Crippen molar-refractivity contribution < 1.29 is 33.1 Å². The monoisotopic (exact) mass is 643 g/mol. The number of hydrogen-bond donors (Lipinski definition) is 0. The molecule has 0 fully saturated rings. The molecule has 0 radical (unpaired) electrons. The third-order valence-corrected chi connectivity index (χ3v) is 8.95. The van der Waals surface area contributed by atoms with Crippen LogP contribution < -0.4 is 14.2 Å². The number of nitro benzene ring substituents is 1. The number of nitrogens with zero attached hydrogens (tertiary/aromatic N) is 1. The van der Waals surface area contributed by atoms with Crippen molar-refractivity contribution in [3.8, 4) is 17.2 Å². The Labute approximate surface area is 275 Å². The quantitative estimate of drug-likeness (QED) is 0.0763. The van der Waals surface area contributed by atoms with Gasteiger partial charge >= 0.3 is 11.9 Å². The van der Waals surface area contributed by atoms with Gasteiger partial charge in [-0.3, -0.25) is 14.9 Å². The van der Waals surface area contributed by atoms with E-state index in [0.717, 1.165) is 22.3 Å². The van der Waals surface area contributed by atoms with Gasteiger partial charge in [0.05, 0.1) is 21.3 Å². The summed E-state index contributed by atoms with van der Waals surface area (Å²) >= 11 is 0. The fraction of sp³-hybridized carbons (Fsp3) is 0.179. The highest BCUT2D eigenvalue weighted by Gasteiger charge is 2.55. The third kappa shape index (κ3) is 4.99. The number of hydrogen-bond acceptors (Lipinski definition) is 7. The standard InChI is InChI=1S/C39H30FNO7/c1-38(2,3)37(43)48-31-20-21-32(47-36(42)23-12-14-24(40)15-13-23)35-34(31)33-27-8-4-6-10-29(27)39(35,30-11-7-5-9-28(30)33)22-46-26-18-16-25(17-19-26)41(44)45/h4-21,33H,22H2,1-3H3. The van der Waals surface area contributed by atoms with E-state index in [-0.39, 0.29) is 29.5 Å². The van der Waals surface area contributed by atoms with Crippen LogP contribution in [-0.4, -0.2) is 23.5 Å². The molecule has 0 saturated carbocycles. The molecule has 0 heterocycles. The highest BCUT2D eigenvalue weighted by atomic mass is 19.1. The number of halogens is 1. The van der Waals surface area contributed by atoms with Crippen LogP contribution in [0.15, 0.2) is 109 Å². The fourth-order valence-electron chi connectivity index (χ4n) is 6.73. The summed E-state index contributed by atoms with van der Waals surface area (Å²) in [4.78, 5) is 37.7. The van der Waals surface area contributed by atoms with Gasteiger partial charge < -0.3 is 14.2 Å². The molecule has 9 heteroatoms. The molecule has 0 atom stereocenters. The molecule has 8 nitrogen and oxygen atoms in total. The predicted molar refractivity (Wildman–Crippen MR) is 175 cm³/mol. The zero-order valence-electron chi connectivity index (χ0n) is 26.4. The van der Waals surface area contributed by atoms with Crippen LogP contribution in [0.25, 0.3) is 0 Å². The van der Waals surface area contributed by atoms with E-state index in [1.807, 2.05) is 48.5 Å². The molecule has 0 saturated heterocycles. The molecule has 0 amide bonds. The van der Waals surface area contributed by atoms with E-state index >= 15 is 0 Å². The molecule has 0 N–H and O–H groups in total. The maximum Gasteiger partial charge on any atom is 0.343 e. The maximum absolute atomic E-state index is 13.7. The Balaban J connectivity index is 1.47. The lowest BCUT2D eigenvalue weighted by molar-refractivity contribution is -0.384. The number of rotatable bonds is 7. The summed E-state index contributed by atoms with van der Waals surface area (Å²) in [6.07, 6.45) is 0. The molecule has 0 spiro atoms.